The number of carbonyl (C=O) groups excluding carboxylic acids is 1. The van der Waals surface area contributed by atoms with E-state index in [1.54, 1.807) is 0 Å². The largest absolute Gasteiger partial charge is 0.384 e. The average Bonchev–Trinajstić information content (AvgIpc) is 2.77. The fraction of sp³-hybridized carbons (Fsp3) is 0.526. The smallest absolute Gasteiger partial charge is 0.306 e. The lowest BCUT2D eigenvalue weighted by Gasteiger charge is -2.34. The van der Waals surface area contributed by atoms with E-state index in [0.717, 1.165) is 53.1 Å². The number of amides is 1. The van der Waals surface area contributed by atoms with Crippen LogP contribution in [-0.2, 0) is 25.5 Å². The van der Waals surface area contributed by atoms with Crippen molar-refractivity contribution in [2.24, 2.45) is 0 Å². The topological polar surface area (TPSA) is 72.5 Å². The SMILES string of the molecule is CCc1cc(C)cc(Br)c1C1=C(OS(C)(=O)=O)C2(CCCCC2)NC1=O. The van der Waals surface area contributed by atoms with Crippen LogP contribution < -0.4 is 5.32 Å². The summed E-state index contributed by atoms with van der Waals surface area (Å²) < 4.78 is 30.2. The van der Waals surface area contributed by atoms with Gasteiger partial charge >= 0.3 is 10.1 Å². The molecule has 1 aromatic carbocycles. The Hall–Kier alpha value is -1.34. The van der Waals surface area contributed by atoms with Gasteiger partial charge in [0.1, 0.15) is 5.54 Å². The molecule has 1 aliphatic carbocycles. The third-order valence-corrected chi connectivity index (χ3v) is 6.23. The predicted octanol–water partition coefficient (Wildman–Crippen LogP) is 3.84. The maximum atomic E-state index is 13.0. The van der Waals surface area contributed by atoms with Gasteiger partial charge in [0.25, 0.3) is 5.91 Å². The van der Waals surface area contributed by atoms with E-state index in [9.17, 15) is 13.2 Å². The fourth-order valence-electron chi connectivity index (χ4n) is 4.06. The third-order valence-electron chi connectivity index (χ3n) is 5.13. The Morgan fingerprint density at radius 3 is 2.46 bits per heavy atom. The summed E-state index contributed by atoms with van der Waals surface area (Å²) in [6.07, 6.45) is 6.08. The zero-order valence-electron chi connectivity index (χ0n) is 15.3. The van der Waals surface area contributed by atoms with Crippen molar-refractivity contribution in [1.82, 2.24) is 5.32 Å². The summed E-state index contributed by atoms with van der Waals surface area (Å²) in [7, 11) is -3.75. The van der Waals surface area contributed by atoms with Crippen LogP contribution in [0.15, 0.2) is 22.4 Å². The quantitative estimate of drug-likeness (QED) is 0.720. The molecule has 0 atom stereocenters. The molecule has 1 spiro atoms. The zero-order valence-corrected chi connectivity index (χ0v) is 17.7. The molecule has 0 radical (unpaired) electrons. The van der Waals surface area contributed by atoms with Gasteiger partial charge in [-0.25, -0.2) is 0 Å². The van der Waals surface area contributed by atoms with Crippen LogP contribution in [-0.4, -0.2) is 26.1 Å². The number of carbonyl (C=O) groups is 1. The number of nitrogens with one attached hydrogen (secondary N) is 1. The summed E-state index contributed by atoms with van der Waals surface area (Å²) in [5, 5.41) is 3.06. The highest BCUT2D eigenvalue weighted by atomic mass is 79.9. The molecule has 1 fully saturated rings. The molecular formula is C19H24BrNO4S. The van der Waals surface area contributed by atoms with Crippen LogP contribution in [0, 0.1) is 6.92 Å². The van der Waals surface area contributed by atoms with Gasteiger partial charge in [0.2, 0.25) is 0 Å². The zero-order chi connectivity index (χ0) is 19.1. The van der Waals surface area contributed by atoms with Crippen LogP contribution in [0.1, 0.15) is 55.7 Å². The summed E-state index contributed by atoms with van der Waals surface area (Å²) in [6.45, 7) is 4.01. The van der Waals surface area contributed by atoms with E-state index in [0.29, 0.717) is 18.4 Å². The van der Waals surface area contributed by atoms with Crippen molar-refractivity contribution in [2.45, 2.75) is 57.9 Å². The number of benzene rings is 1. The molecule has 1 aliphatic heterocycles. The van der Waals surface area contributed by atoms with Crippen molar-refractivity contribution in [1.29, 1.82) is 0 Å². The predicted molar refractivity (Wildman–Crippen MR) is 105 cm³/mol. The standard InChI is InChI=1S/C19H24BrNO4S/c1-4-13-10-12(2)11-14(20)15(13)16-17(25-26(3,23)24)19(21-18(16)22)8-6-5-7-9-19/h10-11H,4-9H2,1-3H3,(H,21,22). The Bertz CT molecular complexity index is 883. The molecule has 0 saturated heterocycles. The van der Waals surface area contributed by atoms with E-state index in [2.05, 4.69) is 21.2 Å². The molecule has 26 heavy (non-hydrogen) atoms. The van der Waals surface area contributed by atoms with Crippen LogP contribution in [0.3, 0.4) is 0 Å². The van der Waals surface area contributed by atoms with Gasteiger partial charge in [0, 0.05) is 10.0 Å². The van der Waals surface area contributed by atoms with Crippen molar-refractivity contribution < 1.29 is 17.4 Å². The molecule has 1 heterocycles. The molecule has 2 aliphatic rings. The maximum Gasteiger partial charge on any atom is 0.306 e. The van der Waals surface area contributed by atoms with Crippen molar-refractivity contribution in [3.05, 3.63) is 39.1 Å². The highest BCUT2D eigenvalue weighted by molar-refractivity contribution is 9.10. The number of hydrogen-bond donors (Lipinski definition) is 1. The summed E-state index contributed by atoms with van der Waals surface area (Å²) in [6, 6.07) is 3.98. The van der Waals surface area contributed by atoms with E-state index in [1.807, 2.05) is 26.0 Å². The number of rotatable bonds is 4. The lowest BCUT2D eigenvalue weighted by Crippen LogP contribution is -2.46. The van der Waals surface area contributed by atoms with Gasteiger partial charge in [0.05, 0.1) is 11.8 Å². The van der Waals surface area contributed by atoms with Crippen LogP contribution in [0.4, 0.5) is 0 Å². The first-order valence-electron chi connectivity index (χ1n) is 8.93. The molecular weight excluding hydrogens is 418 g/mol. The van der Waals surface area contributed by atoms with Gasteiger partial charge in [-0.15, -0.1) is 0 Å². The summed E-state index contributed by atoms with van der Waals surface area (Å²) in [4.78, 5) is 13.0. The van der Waals surface area contributed by atoms with Crippen molar-refractivity contribution in [2.75, 3.05) is 6.26 Å². The molecule has 0 bridgehead atoms. The first-order valence-corrected chi connectivity index (χ1v) is 11.5. The molecule has 7 heteroatoms. The third kappa shape index (κ3) is 3.56. The van der Waals surface area contributed by atoms with E-state index in [4.69, 9.17) is 4.18 Å². The minimum atomic E-state index is -3.75. The summed E-state index contributed by atoms with van der Waals surface area (Å²) >= 11 is 3.58. The Balaban J connectivity index is 2.28. The van der Waals surface area contributed by atoms with Gasteiger partial charge in [-0.3, -0.25) is 4.79 Å². The molecule has 1 amide bonds. The molecule has 1 N–H and O–H groups in total. The molecule has 3 rings (SSSR count). The molecule has 1 aromatic rings. The van der Waals surface area contributed by atoms with Gasteiger partial charge in [-0.05, 0) is 43.4 Å². The monoisotopic (exact) mass is 441 g/mol. The van der Waals surface area contributed by atoms with E-state index < -0.39 is 15.7 Å². The lowest BCUT2D eigenvalue weighted by molar-refractivity contribution is -0.116. The minimum Gasteiger partial charge on any atom is -0.384 e. The molecule has 5 nitrogen and oxygen atoms in total. The first-order chi connectivity index (χ1) is 12.2. The molecule has 1 saturated carbocycles. The van der Waals surface area contributed by atoms with Gasteiger partial charge in [-0.2, -0.15) is 8.42 Å². The van der Waals surface area contributed by atoms with Crippen LogP contribution in [0.5, 0.6) is 0 Å². The Morgan fingerprint density at radius 2 is 1.88 bits per heavy atom. The van der Waals surface area contributed by atoms with Crippen molar-refractivity contribution in [3.63, 3.8) is 0 Å². The Morgan fingerprint density at radius 1 is 1.23 bits per heavy atom. The Kier molecular flexibility index (Phi) is 5.23. The van der Waals surface area contributed by atoms with E-state index in [-0.39, 0.29) is 11.7 Å². The maximum absolute atomic E-state index is 13.0. The second-order valence-corrected chi connectivity index (χ2v) is 9.65. The van der Waals surface area contributed by atoms with E-state index in [1.165, 1.54) is 0 Å². The first kappa shape index (κ1) is 19.4. The minimum absolute atomic E-state index is 0.259. The van der Waals surface area contributed by atoms with Crippen molar-refractivity contribution >= 4 is 37.5 Å². The van der Waals surface area contributed by atoms with Gasteiger partial charge in [-0.1, -0.05) is 48.2 Å². The van der Waals surface area contributed by atoms with Crippen LogP contribution in [0.25, 0.3) is 5.57 Å². The van der Waals surface area contributed by atoms with Crippen LogP contribution >= 0.6 is 15.9 Å². The normalized spacial score (nSPS) is 19.8. The summed E-state index contributed by atoms with van der Waals surface area (Å²) in [5.41, 5.74) is 2.43. The molecule has 142 valence electrons. The summed E-state index contributed by atoms with van der Waals surface area (Å²) in [5.74, 6) is 0.00811. The molecule has 0 unspecified atom stereocenters. The second kappa shape index (κ2) is 7.00. The fourth-order valence-corrected chi connectivity index (χ4v) is 5.42. The highest BCUT2D eigenvalue weighted by Crippen LogP contribution is 2.45. The van der Waals surface area contributed by atoms with Crippen molar-refractivity contribution in [3.8, 4) is 0 Å². The number of hydrogen-bond acceptors (Lipinski definition) is 4. The highest BCUT2D eigenvalue weighted by Gasteiger charge is 2.49. The van der Waals surface area contributed by atoms with Gasteiger partial charge < -0.3 is 9.50 Å². The van der Waals surface area contributed by atoms with E-state index >= 15 is 0 Å². The average molecular weight is 442 g/mol. The number of aryl methyl sites for hydroxylation is 2. The second-order valence-electron chi connectivity index (χ2n) is 7.22. The van der Waals surface area contributed by atoms with Crippen LogP contribution in [0.2, 0.25) is 0 Å². The Labute approximate surface area is 163 Å². The lowest BCUT2D eigenvalue weighted by atomic mass is 9.80. The van der Waals surface area contributed by atoms with Gasteiger partial charge in [0.15, 0.2) is 5.76 Å². The molecule has 0 aromatic heterocycles. The number of halogens is 1.